The minimum absolute atomic E-state index is 0.0145. The lowest BCUT2D eigenvalue weighted by Crippen LogP contribution is -2.43. The van der Waals surface area contributed by atoms with Crippen molar-refractivity contribution in [1.82, 2.24) is 5.32 Å². The predicted octanol–water partition coefficient (Wildman–Crippen LogP) is 2.12. The maximum Gasteiger partial charge on any atom is 0.407 e. The summed E-state index contributed by atoms with van der Waals surface area (Å²) in [4.78, 5) is 23.3. The molecule has 0 aromatic heterocycles. The number of benzene rings is 1. The van der Waals surface area contributed by atoms with E-state index in [1.54, 1.807) is 0 Å². The first kappa shape index (κ1) is 19.2. The van der Waals surface area contributed by atoms with Crippen molar-refractivity contribution in [2.75, 3.05) is 13.2 Å². The molecule has 0 heterocycles. The van der Waals surface area contributed by atoms with Gasteiger partial charge in [-0.2, -0.15) is 0 Å². The molecule has 1 atom stereocenters. The average molecular weight is 338 g/mol. The third-order valence-corrected chi connectivity index (χ3v) is 4.78. The van der Waals surface area contributed by atoms with Crippen LogP contribution in [0.2, 0.25) is 25.7 Å². The average Bonchev–Trinajstić information content (AvgIpc) is 2.50. The summed E-state index contributed by atoms with van der Waals surface area (Å²) in [7, 11) is -1.25. The zero-order chi connectivity index (χ0) is 17.3. The molecule has 0 aliphatic rings. The Hall–Kier alpha value is -1.86. The van der Waals surface area contributed by atoms with E-state index in [0.29, 0.717) is 6.61 Å². The van der Waals surface area contributed by atoms with Crippen LogP contribution in [0.25, 0.3) is 0 Å². The molecule has 0 bridgehead atoms. The number of ether oxygens (including phenoxy) is 2. The predicted molar refractivity (Wildman–Crippen MR) is 91.7 cm³/mol. The van der Waals surface area contributed by atoms with Crippen LogP contribution in [0.1, 0.15) is 5.56 Å². The molecule has 1 rings (SSSR count). The van der Waals surface area contributed by atoms with Gasteiger partial charge in [0.05, 0.1) is 6.61 Å². The second-order valence-corrected chi connectivity index (χ2v) is 12.1. The summed E-state index contributed by atoms with van der Waals surface area (Å²) in [6.45, 7) is 7.13. The van der Waals surface area contributed by atoms with Crippen LogP contribution in [-0.2, 0) is 20.9 Å². The normalized spacial score (nSPS) is 12.3. The molecule has 1 aromatic carbocycles. The van der Waals surface area contributed by atoms with Gasteiger partial charge in [0.25, 0.3) is 0 Å². The topological polar surface area (TPSA) is 90.6 Å². The highest BCUT2D eigenvalue weighted by atomic mass is 28.3. The Labute approximate surface area is 138 Å². The molecule has 1 amide bonds. The molecule has 23 heavy (non-hydrogen) atoms. The SMILES string of the molecule is C[Si](C)(C)CCOC(=O)[C@@H](N)CNC(=O)OCc1ccccc1. The first-order valence-electron chi connectivity index (χ1n) is 7.65. The molecule has 0 radical (unpaired) electrons. The fourth-order valence-corrected chi connectivity index (χ4v) is 2.33. The number of nitrogens with two attached hydrogens (primary N) is 1. The molecule has 0 aliphatic heterocycles. The van der Waals surface area contributed by atoms with E-state index >= 15 is 0 Å². The van der Waals surface area contributed by atoms with Crippen LogP contribution >= 0.6 is 0 Å². The largest absolute Gasteiger partial charge is 0.465 e. The van der Waals surface area contributed by atoms with Crippen LogP contribution in [0.15, 0.2) is 30.3 Å². The van der Waals surface area contributed by atoms with Crippen molar-refractivity contribution in [3.8, 4) is 0 Å². The zero-order valence-electron chi connectivity index (χ0n) is 14.0. The molecular formula is C16H26N2O4Si. The minimum Gasteiger partial charge on any atom is -0.465 e. The number of hydrogen-bond donors (Lipinski definition) is 2. The number of carbonyl (C=O) groups excluding carboxylic acids is 2. The van der Waals surface area contributed by atoms with E-state index in [1.807, 2.05) is 30.3 Å². The molecule has 1 aromatic rings. The van der Waals surface area contributed by atoms with Crippen molar-refractivity contribution < 1.29 is 19.1 Å². The van der Waals surface area contributed by atoms with Crippen molar-refractivity contribution in [3.05, 3.63) is 35.9 Å². The van der Waals surface area contributed by atoms with Crippen molar-refractivity contribution in [1.29, 1.82) is 0 Å². The number of hydrogen-bond acceptors (Lipinski definition) is 5. The lowest BCUT2D eigenvalue weighted by atomic mass is 10.2. The molecular weight excluding hydrogens is 312 g/mol. The van der Waals surface area contributed by atoms with E-state index in [4.69, 9.17) is 15.2 Å². The van der Waals surface area contributed by atoms with Crippen molar-refractivity contribution in [2.24, 2.45) is 5.73 Å². The standard InChI is InChI=1S/C16H26N2O4Si/c1-23(2,3)10-9-21-15(19)14(17)11-18-16(20)22-12-13-7-5-4-6-8-13/h4-8,14H,9-12,17H2,1-3H3,(H,18,20)/t14-/m0/s1. The van der Waals surface area contributed by atoms with Gasteiger partial charge in [0.2, 0.25) is 0 Å². The lowest BCUT2D eigenvalue weighted by molar-refractivity contribution is -0.144. The Morgan fingerprint density at radius 3 is 2.43 bits per heavy atom. The summed E-state index contributed by atoms with van der Waals surface area (Å²) < 4.78 is 10.2. The summed E-state index contributed by atoms with van der Waals surface area (Å²) >= 11 is 0. The molecule has 0 aliphatic carbocycles. The van der Waals surface area contributed by atoms with Crippen molar-refractivity contribution in [3.63, 3.8) is 0 Å². The third-order valence-electron chi connectivity index (χ3n) is 3.08. The fraction of sp³-hybridized carbons (Fsp3) is 0.500. The van der Waals surface area contributed by atoms with Gasteiger partial charge in [-0.3, -0.25) is 4.79 Å². The van der Waals surface area contributed by atoms with E-state index in [1.165, 1.54) is 0 Å². The van der Waals surface area contributed by atoms with Crippen LogP contribution in [0.5, 0.6) is 0 Å². The zero-order valence-corrected chi connectivity index (χ0v) is 15.0. The highest BCUT2D eigenvalue weighted by molar-refractivity contribution is 6.76. The summed E-state index contributed by atoms with van der Waals surface area (Å²) in [5.74, 6) is -0.508. The Morgan fingerprint density at radius 2 is 1.83 bits per heavy atom. The van der Waals surface area contributed by atoms with Gasteiger partial charge < -0.3 is 20.5 Å². The Balaban J connectivity index is 2.20. The smallest absolute Gasteiger partial charge is 0.407 e. The quantitative estimate of drug-likeness (QED) is 0.560. The van der Waals surface area contributed by atoms with Gasteiger partial charge in [0, 0.05) is 14.6 Å². The van der Waals surface area contributed by atoms with Gasteiger partial charge in [-0.05, 0) is 11.6 Å². The molecule has 7 heteroatoms. The molecule has 0 unspecified atom stereocenters. The van der Waals surface area contributed by atoms with Crippen LogP contribution < -0.4 is 11.1 Å². The van der Waals surface area contributed by atoms with E-state index < -0.39 is 26.2 Å². The lowest BCUT2D eigenvalue weighted by Gasteiger charge is -2.17. The molecule has 0 fully saturated rings. The number of esters is 1. The monoisotopic (exact) mass is 338 g/mol. The molecule has 0 saturated heterocycles. The van der Waals surface area contributed by atoms with E-state index in [0.717, 1.165) is 11.6 Å². The number of nitrogens with one attached hydrogen (secondary N) is 1. The summed E-state index contributed by atoms with van der Waals surface area (Å²) in [5, 5.41) is 2.46. The Kier molecular flexibility index (Phi) is 7.77. The van der Waals surface area contributed by atoms with Gasteiger partial charge in [-0.15, -0.1) is 0 Å². The van der Waals surface area contributed by atoms with Gasteiger partial charge in [0.15, 0.2) is 0 Å². The second kappa shape index (κ2) is 9.31. The van der Waals surface area contributed by atoms with Gasteiger partial charge in [0.1, 0.15) is 12.6 Å². The van der Waals surface area contributed by atoms with Crippen LogP contribution in [0.3, 0.4) is 0 Å². The van der Waals surface area contributed by atoms with Gasteiger partial charge >= 0.3 is 12.1 Å². The van der Waals surface area contributed by atoms with Gasteiger partial charge in [-0.1, -0.05) is 50.0 Å². The maximum absolute atomic E-state index is 11.7. The van der Waals surface area contributed by atoms with Gasteiger partial charge in [-0.25, -0.2) is 4.79 Å². The summed E-state index contributed by atoms with van der Waals surface area (Å²) in [5.41, 5.74) is 6.58. The molecule has 128 valence electrons. The molecule has 6 nitrogen and oxygen atoms in total. The summed E-state index contributed by atoms with van der Waals surface area (Å²) in [6.07, 6.45) is -0.612. The summed E-state index contributed by atoms with van der Waals surface area (Å²) in [6, 6.07) is 9.32. The van der Waals surface area contributed by atoms with Crippen LogP contribution in [-0.4, -0.2) is 39.3 Å². The number of rotatable bonds is 8. The first-order chi connectivity index (χ1) is 10.8. The maximum atomic E-state index is 11.7. The van der Waals surface area contributed by atoms with E-state index in [-0.39, 0.29) is 13.2 Å². The third kappa shape index (κ3) is 8.99. The molecule has 0 saturated carbocycles. The van der Waals surface area contributed by atoms with E-state index in [9.17, 15) is 9.59 Å². The minimum atomic E-state index is -1.25. The van der Waals surface area contributed by atoms with Crippen LogP contribution in [0, 0.1) is 0 Å². The first-order valence-corrected chi connectivity index (χ1v) is 11.4. The Bertz CT molecular complexity index is 503. The Morgan fingerprint density at radius 1 is 1.17 bits per heavy atom. The molecule has 0 spiro atoms. The van der Waals surface area contributed by atoms with Crippen molar-refractivity contribution >= 4 is 20.1 Å². The number of amides is 1. The van der Waals surface area contributed by atoms with E-state index in [2.05, 4.69) is 25.0 Å². The molecule has 3 N–H and O–H groups in total. The number of alkyl carbamates (subject to hydrolysis) is 1. The number of carbonyl (C=O) groups is 2. The highest BCUT2D eigenvalue weighted by Gasteiger charge is 2.18. The van der Waals surface area contributed by atoms with Crippen molar-refractivity contribution in [2.45, 2.75) is 38.3 Å². The highest BCUT2D eigenvalue weighted by Crippen LogP contribution is 2.07. The second-order valence-electron chi connectivity index (χ2n) is 6.53. The fourth-order valence-electron chi connectivity index (χ4n) is 1.62. The van der Waals surface area contributed by atoms with Crippen LogP contribution in [0.4, 0.5) is 4.79 Å².